The molecule has 0 fully saturated rings. The first-order chi connectivity index (χ1) is 12.1. The normalized spacial score (nSPS) is 14.2. The molecular formula is C17H21ClN4O3. The lowest BCUT2D eigenvalue weighted by Crippen LogP contribution is -2.36. The number of fused-ring (bicyclic) bond motifs is 1. The Labute approximate surface area is 151 Å². The summed E-state index contributed by atoms with van der Waals surface area (Å²) in [6.07, 6.45) is 4.15. The number of likely N-dealkylation sites (N-methyl/N-ethyl adjacent to an activating group) is 1. The van der Waals surface area contributed by atoms with E-state index in [0.29, 0.717) is 42.7 Å². The molecule has 3 rings (SSSR count). The quantitative estimate of drug-likeness (QED) is 0.811. The lowest BCUT2D eigenvalue weighted by Gasteiger charge is -2.20. The van der Waals surface area contributed by atoms with E-state index in [-0.39, 0.29) is 5.91 Å². The molecule has 7 nitrogen and oxygen atoms in total. The van der Waals surface area contributed by atoms with E-state index in [2.05, 4.69) is 15.7 Å². The molecule has 2 aromatic rings. The van der Waals surface area contributed by atoms with Crippen LogP contribution < -0.4 is 20.1 Å². The first kappa shape index (κ1) is 17.6. The minimum atomic E-state index is -0.433. The average molecular weight is 365 g/mol. The lowest BCUT2D eigenvalue weighted by molar-refractivity contribution is -0.123. The van der Waals surface area contributed by atoms with Gasteiger partial charge >= 0.3 is 0 Å². The Morgan fingerprint density at radius 1 is 1.40 bits per heavy atom. The second-order valence-corrected chi connectivity index (χ2v) is 6.22. The van der Waals surface area contributed by atoms with Crippen LogP contribution in [0.4, 0.5) is 0 Å². The molecule has 8 heteroatoms. The highest BCUT2D eigenvalue weighted by atomic mass is 35.5. The number of rotatable bonds is 6. The van der Waals surface area contributed by atoms with Gasteiger partial charge in [0.1, 0.15) is 19.3 Å². The number of hydrogen-bond donors (Lipinski definition) is 2. The highest BCUT2D eigenvalue weighted by molar-refractivity contribution is 6.32. The van der Waals surface area contributed by atoms with Gasteiger partial charge in [-0.05, 0) is 31.2 Å². The number of aromatic nitrogens is 2. The van der Waals surface area contributed by atoms with Crippen LogP contribution in [0.3, 0.4) is 0 Å². The van der Waals surface area contributed by atoms with Gasteiger partial charge in [0.2, 0.25) is 5.91 Å². The van der Waals surface area contributed by atoms with Gasteiger partial charge in [-0.2, -0.15) is 5.10 Å². The number of nitrogens with zero attached hydrogens (tertiary/aromatic N) is 2. The summed E-state index contributed by atoms with van der Waals surface area (Å²) in [5, 5.41) is 10.6. The van der Waals surface area contributed by atoms with E-state index in [0.717, 1.165) is 11.1 Å². The zero-order valence-corrected chi connectivity index (χ0v) is 15.0. The van der Waals surface area contributed by atoms with Crippen molar-refractivity contribution in [1.29, 1.82) is 0 Å². The highest BCUT2D eigenvalue weighted by Gasteiger charge is 2.20. The van der Waals surface area contributed by atoms with E-state index in [9.17, 15) is 4.79 Å². The Balaban J connectivity index is 1.59. The molecule has 1 unspecified atom stereocenters. The number of benzene rings is 1. The van der Waals surface area contributed by atoms with Crippen molar-refractivity contribution in [3.63, 3.8) is 0 Å². The van der Waals surface area contributed by atoms with Crippen LogP contribution in [0.25, 0.3) is 0 Å². The van der Waals surface area contributed by atoms with Crippen molar-refractivity contribution in [1.82, 2.24) is 20.4 Å². The maximum Gasteiger partial charge on any atom is 0.241 e. The Morgan fingerprint density at radius 3 is 2.92 bits per heavy atom. The van der Waals surface area contributed by atoms with Gasteiger partial charge in [-0.1, -0.05) is 11.6 Å². The molecule has 134 valence electrons. The third-order valence-corrected chi connectivity index (χ3v) is 4.26. The molecule has 0 saturated carbocycles. The molecule has 1 aliphatic rings. The second-order valence-electron chi connectivity index (χ2n) is 5.81. The Morgan fingerprint density at radius 2 is 2.20 bits per heavy atom. The molecule has 2 heterocycles. The molecule has 1 amide bonds. The van der Waals surface area contributed by atoms with Crippen molar-refractivity contribution >= 4 is 17.5 Å². The second kappa shape index (κ2) is 7.76. The van der Waals surface area contributed by atoms with Crippen LogP contribution in [-0.2, 0) is 18.3 Å². The third-order valence-electron chi connectivity index (χ3n) is 3.98. The largest absolute Gasteiger partial charge is 0.486 e. The zero-order valence-electron chi connectivity index (χ0n) is 14.2. The van der Waals surface area contributed by atoms with Gasteiger partial charge in [-0.3, -0.25) is 9.48 Å². The SMILES string of the molecule is CNC(C(=O)NCCc1cc(Cl)c2c(c1)OCCO2)c1cnn(C)c1. The van der Waals surface area contributed by atoms with Gasteiger partial charge in [-0.25, -0.2) is 0 Å². The van der Waals surface area contributed by atoms with Crippen molar-refractivity contribution < 1.29 is 14.3 Å². The first-order valence-corrected chi connectivity index (χ1v) is 8.48. The van der Waals surface area contributed by atoms with Crippen LogP contribution in [0.5, 0.6) is 11.5 Å². The molecular weight excluding hydrogens is 344 g/mol. The lowest BCUT2D eigenvalue weighted by atomic mass is 10.1. The minimum Gasteiger partial charge on any atom is -0.486 e. The van der Waals surface area contributed by atoms with E-state index in [4.69, 9.17) is 21.1 Å². The number of aryl methyl sites for hydroxylation is 1. The fourth-order valence-electron chi connectivity index (χ4n) is 2.78. The summed E-state index contributed by atoms with van der Waals surface area (Å²) in [6.45, 7) is 1.51. The molecule has 0 spiro atoms. The summed E-state index contributed by atoms with van der Waals surface area (Å²) in [5.41, 5.74) is 1.81. The number of halogens is 1. The van der Waals surface area contributed by atoms with Gasteiger partial charge in [-0.15, -0.1) is 0 Å². The summed E-state index contributed by atoms with van der Waals surface area (Å²) in [4.78, 5) is 12.4. The highest BCUT2D eigenvalue weighted by Crippen LogP contribution is 2.38. The third kappa shape index (κ3) is 4.05. The molecule has 0 radical (unpaired) electrons. The van der Waals surface area contributed by atoms with Gasteiger partial charge in [0.25, 0.3) is 0 Å². The predicted molar refractivity (Wildman–Crippen MR) is 94.2 cm³/mol. The molecule has 0 aliphatic carbocycles. The number of amides is 1. The maximum absolute atomic E-state index is 12.4. The van der Waals surface area contributed by atoms with Crippen LogP contribution in [0.2, 0.25) is 5.02 Å². The summed E-state index contributed by atoms with van der Waals surface area (Å²) >= 11 is 6.23. The summed E-state index contributed by atoms with van der Waals surface area (Å²) in [7, 11) is 3.57. The predicted octanol–water partition coefficient (Wildman–Crippen LogP) is 1.46. The van der Waals surface area contributed by atoms with Crippen molar-refractivity contribution in [2.45, 2.75) is 12.5 Å². The van der Waals surface area contributed by atoms with Crippen molar-refractivity contribution in [3.05, 3.63) is 40.7 Å². The zero-order chi connectivity index (χ0) is 17.8. The Hall–Kier alpha value is -2.25. The number of nitrogens with one attached hydrogen (secondary N) is 2. The van der Waals surface area contributed by atoms with Gasteiger partial charge in [0, 0.05) is 25.4 Å². The fraction of sp³-hybridized carbons (Fsp3) is 0.412. The minimum absolute atomic E-state index is 0.0980. The molecule has 25 heavy (non-hydrogen) atoms. The number of carbonyl (C=O) groups excluding carboxylic acids is 1. The van der Waals surface area contributed by atoms with E-state index >= 15 is 0 Å². The molecule has 1 atom stereocenters. The van der Waals surface area contributed by atoms with Gasteiger partial charge in [0.05, 0.1) is 11.2 Å². The molecule has 1 aliphatic heterocycles. The molecule has 0 saturated heterocycles. The number of carbonyl (C=O) groups is 1. The molecule has 2 N–H and O–H groups in total. The molecule has 1 aromatic heterocycles. The van der Waals surface area contributed by atoms with E-state index in [1.54, 1.807) is 17.9 Å². The van der Waals surface area contributed by atoms with E-state index < -0.39 is 6.04 Å². The number of ether oxygens (including phenoxy) is 2. The van der Waals surface area contributed by atoms with Crippen LogP contribution in [0, 0.1) is 0 Å². The fourth-order valence-corrected chi connectivity index (χ4v) is 3.07. The van der Waals surface area contributed by atoms with Gasteiger partial charge < -0.3 is 20.1 Å². The standard InChI is InChI=1S/C17H21ClN4O3/c1-19-15(12-9-21-22(2)10-12)17(23)20-4-3-11-7-13(18)16-14(8-11)24-5-6-25-16/h7-10,15,19H,3-6H2,1-2H3,(H,20,23). The average Bonchev–Trinajstić information content (AvgIpc) is 3.02. The van der Waals surface area contributed by atoms with Crippen molar-refractivity contribution in [2.24, 2.45) is 7.05 Å². The van der Waals surface area contributed by atoms with Crippen molar-refractivity contribution in [2.75, 3.05) is 26.8 Å². The summed E-state index contributed by atoms with van der Waals surface area (Å²) < 4.78 is 12.7. The topological polar surface area (TPSA) is 77.4 Å². The summed E-state index contributed by atoms with van der Waals surface area (Å²) in [6, 6.07) is 3.32. The maximum atomic E-state index is 12.4. The van der Waals surface area contributed by atoms with E-state index in [1.165, 1.54) is 0 Å². The monoisotopic (exact) mass is 364 g/mol. The number of hydrogen-bond acceptors (Lipinski definition) is 5. The van der Waals surface area contributed by atoms with Crippen LogP contribution >= 0.6 is 11.6 Å². The van der Waals surface area contributed by atoms with Crippen molar-refractivity contribution in [3.8, 4) is 11.5 Å². The summed E-state index contributed by atoms with van der Waals surface area (Å²) in [5.74, 6) is 1.15. The molecule has 1 aromatic carbocycles. The van der Waals surface area contributed by atoms with Crippen LogP contribution in [-0.4, -0.2) is 42.5 Å². The van der Waals surface area contributed by atoms with Gasteiger partial charge in [0.15, 0.2) is 11.5 Å². The Kier molecular flexibility index (Phi) is 5.45. The Bertz CT molecular complexity index is 762. The smallest absolute Gasteiger partial charge is 0.241 e. The van der Waals surface area contributed by atoms with Crippen LogP contribution in [0.1, 0.15) is 17.2 Å². The van der Waals surface area contributed by atoms with Crippen LogP contribution in [0.15, 0.2) is 24.5 Å². The van der Waals surface area contributed by atoms with E-state index in [1.807, 2.05) is 25.4 Å². The first-order valence-electron chi connectivity index (χ1n) is 8.10. The molecule has 0 bridgehead atoms.